The summed E-state index contributed by atoms with van der Waals surface area (Å²) in [4.78, 5) is 27.4. The summed E-state index contributed by atoms with van der Waals surface area (Å²) in [6, 6.07) is 3.43. The molecule has 0 unspecified atom stereocenters. The molecule has 2 heterocycles. The Labute approximate surface area is 87.7 Å². The predicted octanol–water partition coefficient (Wildman–Crippen LogP) is 0.709. The molecule has 0 radical (unpaired) electrons. The van der Waals surface area contributed by atoms with Gasteiger partial charge < -0.3 is 5.32 Å². The number of aryl methyl sites for hydroxylation is 1. The average Bonchev–Trinajstić information content (AvgIpc) is 2.64. The van der Waals surface area contributed by atoms with E-state index in [0.717, 1.165) is 0 Å². The van der Waals surface area contributed by atoms with Crippen LogP contribution in [0.1, 0.15) is 22.5 Å². The summed E-state index contributed by atoms with van der Waals surface area (Å²) in [5, 5.41) is 2.66. The Bertz CT molecular complexity index is 415. The van der Waals surface area contributed by atoms with Crippen LogP contribution in [0.25, 0.3) is 0 Å². The summed E-state index contributed by atoms with van der Waals surface area (Å²) in [6.07, 6.45) is 2.23. The highest BCUT2D eigenvalue weighted by molar-refractivity contribution is 6.11. The molecule has 0 bridgehead atoms. The zero-order chi connectivity index (χ0) is 10.8. The van der Waals surface area contributed by atoms with Gasteiger partial charge in [0.05, 0.1) is 0 Å². The molecule has 1 aliphatic heterocycles. The molecule has 4 heteroatoms. The molecule has 4 nitrogen and oxygen atoms in total. The first kappa shape index (κ1) is 9.83. The second-order valence-electron chi connectivity index (χ2n) is 3.63. The summed E-state index contributed by atoms with van der Waals surface area (Å²) >= 11 is 0. The van der Waals surface area contributed by atoms with Crippen molar-refractivity contribution in [3.63, 3.8) is 0 Å². The lowest BCUT2D eigenvalue weighted by molar-refractivity contribution is -0.121. The molecule has 2 rings (SSSR count). The van der Waals surface area contributed by atoms with Crippen molar-refractivity contribution in [2.75, 3.05) is 6.54 Å². The number of ketones is 1. The van der Waals surface area contributed by atoms with Crippen molar-refractivity contribution in [1.29, 1.82) is 0 Å². The van der Waals surface area contributed by atoms with E-state index in [1.165, 1.54) is 0 Å². The number of hydrogen-bond donors (Lipinski definition) is 1. The third kappa shape index (κ3) is 1.75. The summed E-state index contributed by atoms with van der Waals surface area (Å²) < 4.78 is 0. The van der Waals surface area contributed by atoms with Gasteiger partial charge in [0, 0.05) is 24.0 Å². The monoisotopic (exact) mass is 204 g/mol. The van der Waals surface area contributed by atoms with Crippen LogP contribution in [-0.4, -0.2) is 23.2 Å². The molecule has 1 fully saturated rings. The molecule has 0 aliphatic carbocycles. The molecular formula is C11H12N2O2. The lowest BCUT2D eigenvalue weighted by atomic mass is 9.96. The highest BCUT2D eigenvalue weighted by Crippen LogP contribution is 2.17. The third-order valence-corrected chi connectivity index (χ3v) is 2.64. The molecule has 15 heavy (non-hydrogen) atoms. The molecule has 1 N–H and O–H groups in total. The molecule has 1 aliphatic rings. The molecular weight excluding hydrogens is 192 g/mol. The van der Waals surface area contributed by atoms with Gasteiger partial charge in [-0.05, 0) is 25.5 Å². The molecule has 1 amide bonds. The zero-order valence-corrected chi connectivity index (χ0v) is 8.49. The summed E-state index contributed by atoms with van der Waals surface area (Å²) in [5.41, 5.74) is 1.24. The number of carbonyl (C=O) groups is 2. The fraction of sp³-hybridized carbons (Fsp3) is 0.364. The van der Waals surface area contributed by atoms with E-state index in [2.05, 4.69) is 10.3 Å². The van der Waals surface area contributed by atoms with Gasteiger partial charge in [0.25, 0.3) is 0 Å². The molecule has 0 aromatic carbocycles. The number of carbonyl (C=O) groups excluding carboxylic acids is 2. The fourth-order valence-electron chi connectivity index (χ4n) is 1.78. The van der Waals surface area contributed by atoms with E-state index in [-0.39, 0.29) is 11.7 Å². The largest absolute Gasteiger partial charge is 0.355 e. The van der Waals surface area contributed by atoms with Crippen LogP contribution in [0, 0.1) is 12.8 Å². The van der Waals surface area contributed by atoms with Gasteiger partial charge in [-0.25, -0.2) is 0 Å². The van der Waals surface area contributed by atoms with Crippen LogP contribution >= 0.6 is 0 Å². The number of pyridine rings is 1. The van der Waals surface area contributed by atoms with Crippen LogP contribution in [0.15, 0.2) is 18.3 Å². The topological polar surface area (TPSA) is 59.1 Å². The van der Waals surface area contributed by atoms with E-state index in [4.69, 9.17) is 0 Å². The minimum atomic E-state index is -0.520. The smallest absolute Gasteiger partial charge is 0.231 e. The Morgan fingerprint density at radius 2 is 2.40 bits per heavy atom. The van der Waals surface area contributed by atoms with Crippen molar-refractivity contribution in [2.24, 2.45) is 5.92 Å². The second kappa shape index (κ2) is 3.81. The molecule has 1 aromatic rings. The first-order chi connectivity index (χ1) is 7.20. The van der Waals surface area contributed by atoms with Crippen LogP contribution in [0.3, 0.4) is 0 Å². The van der Waals surface area contributed by atoms with Gasteiger partial charge in [-0.15, -0.1) is 0 Å². The van der Waals surface area contributed by atoms with Gasteiger partial charge in [-0.3, -0.25) is 14.6 Å². The Morgan fingerprint density at radius 3 is 3.00 bits per heavy atom. The summed E-state index contributed by atoms with van der Waals surface area (Å²) in [5.74, 6) is -0.799. The van der Waals surface area contributed by atoms with Crippen molar-refractivity contribution in [3.05, 3.63) is 29.6 Å². The van der Waals surface area contributed by atoms with Crippen molar-refractivity contribution in [3.8, 4) is 0 Å². The molecule has 1 atom stereocenters. The zero-order valence-electron chi connectivity index (χ0n) is 8.49. The quantitative estimate of drug-likeness (QED) is 0.570. The summed E-state index contributed by atoms with van der Waals surface area (Å²) in [6.45, 7) is 2.37. The SMILES string of the molecule is Cc1ncccc1C(=O)[C@@H]1CCNC1=O. The number of aromatic nitrogens is 1. The van der Waals surface area contributed by atoms with Crippen molar-refractivity contribution in [2.45, 2.75) is 13.3 Å². The highest BCUT2D eigenvalue weighted by atomic mass is 16.2. The maximum Gasteiger partial charge on any atom is 0.231 e. The highest BCUT2D eigenvalue weighted by Gasteiger charge is 2.32. The van der Waals surface area contributed by atoms with Gasteiger partial charge in [0.15, 0.2) is 5.78 Å². The van der Waals surface area contributed by atoms with E-state index in [1.807, 2.05) is 0 Å². The first-order valence-electron chi connectivity index (χ1n) is 4.93. The van der Waals surface area contributed by atoms with Crippen LogP contribution < -0.4 is 5.32 Å². The molecule has 0 spiro atoms. The Hall–Kier alpha value is -1.71. The molecule has 1 aromatic heterocycles. The van der Waals surface area contributed by atoms with Crippen molar-refractivity contribution < 1.29 is 9.59 Å². The van der Waals surface area contributed by atoms with Gasteiger partial charge >= 0.3 is 0 Å². The van der Waals surface area contributed by atoms with E-state index in [9.17, 15) is 9.59 Å². The Morgan fingerprint density at radius 1 is 1.60 bits per heavy atom. The van der Waals surface area contributed by atoms with E-state index < -0.39 is 5.92 Å². The first-order valence-corrected chi connectivity index (χ1v) is 4.93. The number of nitrogens with zero attached hydrogens (tertiary/aromatic N) is 1. The Kier molecular flexibility index (Phi) is 2.49. The van der Waals surface area contributed by atoms with Crippen molar-refractivity contribution in [1.82, 2.24) is 10.3 Å². The number of hydrogen-bond acceptors (Lipinski definition) is 3. The standard InChI is InChI=1S/C11H12N2O2/c1-7-8(3-2-5-12-7)10(14)9-4-6-13-11(9)15/h2-3,5,9H,4,6H2,1H3,(H,13,15)/t9-/m0/s1. The van der Waals surface area contributed by atoms with E-state index in [0.29, 0.717) is 24.2 Å². The van der Waals surface area contributed by atoms with Crippen LogP contribution in [0.5, 0.6) is 0 Å². The van der Waals surface area contributed by atoms with Crippen molar-refractivity contribution >= 4 is 11.7 Å². The maximum absolute atomic E-state index is 12.0. The second-order valence-corrected chi connectivity index (χ2v) is 3.63. The van der Waals surface area contributed by atoms with Gasteiger partial charge in [0.1, 0.15) is 5.92 Å². The van der Waals surface area contributed by atoms with Gasteiger partial charge in [0.2, 0.25) is 5.91 Å². The number of rotatable bonds is 2. The number of nitrogens with one attached hydrogen (secondary N) is 1. The summed E-state index contributed by atoms with van der Waals surface area (Å²) in [7, 11) is 0. The average molecular weight is 204 g/mol. The molecule has 78 valence electrons. The third-order valence-electron chi connectivity index (χ3n) is 2.64. The lowest BCUT2D eigenvalue weighted by Crippen LogP contribution is -2.25. The van der Waals surface area contributed by atoms with Gasteiger partial charge in [-0.2, -0.15) is 0 Å². The predicted molar refractivity (Wildman–Crippen MR) is 54.4 cm³/mol. The number of amides is 1. The molecule has 1 saturated heterocycles. The number of Topliss-reactive ketones (excluding diaryl/α,β-unsaturated/α-hetero) is 1. The van der Waals surface area contributed by atoms with Gasteiger partial charge in [-0.1, -0.05) is 0 Å². The Balaban J connectivity index is 2.28. The maximum atomic E-state index is 12.0. The minimum absolute atomic E-state index is 0.115. The minimum Gasteiger partial charge on any atom is -0.355 e. The van der Waals surface area contributed by atoms with Crippen LogP contribution in [0.4, 0.5) is 0 Å². The molecule has 0 saturated carbocycles. The van der Waals surface area contributed by atoms with Crippen LogP contribution in [-0.2, 0) is 4.79 Å². The fourth-order valence-corrected chi connectivity index (χ4v) is 1.78. The normalized spacial score (nSPS) is 20.1. The van der Waals surface area contributed by atoms with Crippen LogP contribution in [0.2, 0.25) is 0 Å². The van der Waals surface area contributed by atoms with E-state index >= 15 is 0 Å². The van der Waals surface area contributed by atoms with E-state index in [1.54, 1.807) is 25.3 Å². The lowest BCUT2D eigenvalue weighted by Gasteiger charge is -2.07.